The number of methoxy groups -OCH3 is 1. The van der Waals surface area contributed by atoms with Crippen LogP contribution < -0.4 is 15.2 Å². The maximum absolute atomic E-state index is 13.5. The largest absolute Gasteiger partial charge is 0.496 e. The molecule has 1 aliphatic rings. The van der Waals surface area contributed by atoms with E-state index < -0.39 is 5.82 Å². The van der Waals surface area contributed by atoms with Crippen LogP contribution in [-0.4, -0.2) is 30.0 Å². The minimum atomic E-state index is -0.404. The first-order chi connectivity index (χ1) is 13.5. The molecular formula is C21H19F2N3O2. The topological polar surface area (TPSA) is 47.4 Å². The normalized spacial score (nSPS) is 14.1. The second kappa shape index (κ2) is 7.07. The van der Waals surface area contributed by atoms with Gasteiger partial charge in [-0.25, -0.2) is 13.5 Å². The molecule has 0 unspecified atom stereocenters. The predicted molar refractivity (Wildman–Crippen MR) is 103 cm³/mol. The number of ether oxygens (including phenoxy) is 1. The molecule has 3 aromatic rings. The molecule has 0 radical (unpaired) electrons. The van der Waals surface area contributed by atoms with Crippen LogP contribution >= 0.6 is 0 Å². The van der Waals surface area contributed by atoms with Crippen molar-refractivity contribution in [2.75, 3.05) is 25.1 Å². The molecule has 2 heterocycles. The van der Waals surface area contributed by atoms with E-state index in [9.17, 15) is 13.6 Å². The Labute approximate surface area is 160 Å². The van der Waals surface area contributed by atoms with Gasteiger partial charge in [-0.3, -0.25) is 4.79 Å². The number of aryl methyl sites for hydroxylation is 1. The minimum absolute atomic E-state index is 0.0941. The molecule has 1 aromatic heterocycles. The van der Waals surface area contributed by atoms with Crippen LogP contribution in [0.5, 0.6) is 5.75 Å². The van der Waals surface area contributed by atoms with Gasteiger partial charge in [-0.15, -0.1) is 0 Å². The first kappa shape index (κ1) is 18.2. The Morgan fingerprint density at radius 1 is 1.04 bits per heavy atom. The minimum Gasteiger partial charge on any atom is -0.496 e. The standard InChI is InChI=1S/C21H19F2N3O2/c1-13-9-14(22)4-7-19(13)25-11-16(12-25)26-21(27)8-6-18(24-26)17-5-3-15(23)10-20(17)28-2/h3-10,16H,11-12H2,1-2H3. The van der Waals surface area contributed by atoms with Crippen molar-refractivity contribution in [3.63, 3.8) is 0 Å². The number of hydrogen-bond donors (Lipinski definition) is 0. The third-order valence-electron chi connectivity index (χ3n) is 4.97. The molecule has 0 amide bonds. The summed E-state index contributed by atoms with van der Waals surface area (Å²) in [6.45, 7) is 3.06. The zero-order chi connectivity index (χ0) is 19.8. The van der Waals surface area contributed by atoms with Crippen molar-refractivity contribution in [1.82, 2.24) is 9.78 Å². The third kappa shape index (κ3) is 3.24. The van der Waals surface area contributed by atoms with Crippen LogP contribution in [0.1, 0.15) is 11.6 Å². The fourth-order valence-corrected chi connectivity index (χ4v) is 3.49. The first-order valence-electron chi connectivity index (χ1n) is 8.91. The van der Waals surface area contributed by atoms with Crippen LogP contribution in [-0.2, 0) is 0 Å². The van der Waals surface area contributed by atoms with E-state index in [1.54, 1.807) is 18.2 Å². The van der Waals surface area contributed by atoms with Gasteiger partial charge in [0.05, 0.1) is 18.8 Å². The number of halogens is 2. The number of nitrogens with zero attached hydrogens (tertiary/aromatic N) is 3. The number of anilines is 1. The van der Waals surface area contributed by atoms with Gasteiger partial charge in [-0.1, -0.05) is 0 Å². The highest BCUT2D eigenvalue weighted by Gasteiger charge is 2.31. The molecule has 1 fully saturated rings. The van der Waals surface area contributed by atoms with Crippen molar-refractivity contribution < 1.29 is 13.5 Å². The van der Waals surface area contributed by atoms with Crippen LogP contribution in [0.3, 0.4) is 0 Å². The van der Waals surface area contributed by atoms with Gasteiger partial charge in [0.15, 0.2) is 0 Å². The Kier molecular flexibility index (Phi) is 4.58. The molecule has 0 bridgehead atoms. The third-order valence-corrected chi connectivity index (χ3v) is 4.97. The SMILES string of the molecule is COc1cc(F)ccc1-c1ccc(=O)n(C2CN(c3ccc(F)cc3C)C2)n1. The van der Waals surface area contributed by atoms with Gasteiger partial charge in [0.2, 0.25) is 0 Å². The van der Waals surface area contributed by atoms with Gasteiger partial charge in [0.25, 0.3) is 5.56 Å². The van der Waals surface area contributed by atoms with E-state index in [-0.39, 0.29) is 17.4 Å². The molecule has 1 saturated heterocycles. The lowest BCUT2D eigenvalue weighted by molar-refractivity contribution is 0.354. The summed E-state index contributed by atoms with van der Waals surface area (Å²) < 4.78 is 33.5. The van der Waals surface area contributed by atoms with Crippen molar-refractivity contribution in [1.29, 1.82) is 0 Å². The van der Waals surface area contributed by atoms with Crippen LogP contribution in [0.15, 0.2) is 53.3 Å². The zero-order valence-corrected chi connectivity index (χ0v) is 15.5. The van der Waals surface area contributed by atoms with Crippen LogP contribution in [0.4, 0.5) is 14.5 Å². The molecule has 4 rings (SSSR count). The number of aromatic nitrogens is 2. The van der Waals surface area contributed by atoms with Crippen LogP contribution in [0, 0.1) is 18.6 Å². The van der Waals surface area contributed by atoms with E-state index in [4.69, 9.17) is 4.74 Å². The lowest BCUT2D eigenvalue weighted by atomic mass is 10.0. The highest BCUT2D eigenvalue weighted by Crippen LogP contribution is 2.31. The molecule has 28 heavy (non-hydrogen) atoms. The highest BCUT2D eigenvalue weighted by atomic mass is 19.1. The summed E-state index contributed by atoms with van der Waals surface area (Å²) in [7, 11) is 1.46. The van der Waals surface area contributed by atoms with E-state index in [1.165, 1.54) is 42.1 Å². The maximum atomic E-state index is 13.5. The Bertz CT molecular complexity index is 1090. The number of benzene rings is 2. The lowest BCUT2D eigenvalue weighted by Crippen LogP contribution is -2.51. The van der Waals surface area contributed by atoms with E-state index in [1.807, 2.05) is 6.92 Å². The fraction of sp³-hybridized carbons (Fsp3) is 0.238. The van der Waals surface area contributed by atoms with Gasteiger partial charge in [0.1, 0.15) is 17.4 Å². The lowest BCUT2D eigenvalue weighted by Gasteiger charge is -2.41. The Hall–Kier alpha value is -3.22. The van der Waals surface area contributed by atoms with Crippen molar-refractivity contribution in [3.05, 3.63) is 76.1 Å². The average molecular weight is 383 g/mol. The molecule has 0 N–H and O–H groups in total. The van der Waals surface area contributed by atoms with Gasteiger partial charge in [-0.05, 0) is 48.9 Å². The Morgan fingerprint density at radius 2 is 1.75 bits per heavy atom. The predicted octanol–water partition coefficient (Wildman–Crippen LogP) is 3.57. The van der Waals surface area contributed by atoms with E-state index >= 15 is 0 Å². The van der Waals surface area contributed by atoms with E-state index in [0.29, 0.717) is 30.1 Å². The Morgan fingerprint density at radius 3 is 2.46 bits per heavy atom. The molecular weight excluding hydrogens is 364 g/mol. The Balaban J connectivity index is 1.60. The summed E-state index contributed by atoms with van der Waals surface area (Å²) in [6.07, 6.45) is 0. The van der Waals surface area contributed by atoms with Crippen molar-refractivity contribution in [2.24, 2.45) is 0 Å². The second-order valence-electron chi connectivity index (χ2n) is 6.84. The van der Waals surface area contributed by atoms with Crippen molar-refractivity contribution in [3.8, 4) is 17.0 Å². The highest BCUT2D eigenvalue weighted by molar-refractivity contribution is 5.66. The summed E-state index contributed by atoms with van der Waals surface area (Å²) in [6, 6.07) is 11.8. The molecule has 0 atom stereocenters. The molecule has 2 aromatic carbocycles. The smallest absolute Gasteiger partial charge is 0.267 e. The van der Waals surface area contributed by atoms with E-state index in [0.717, 1.165) is 11.3 Å². The molecule has 1 aliphatic heterocycles. The van der Waals surface area contributed by atoms with Crippen molar-refractivity contribution in [2.45, 2.75) is 13.0 Å². The summed E-state index contributed by atoms with van der Waals surface area (Å²) in [5.41, 5.74) is 2.74. The summed E-state index contributed by atoms with van der Waals surface area (Å²) in [5.74, 6) is -0.315. The van der Waals surface area contributed by atoms with Gasteiger partial charge in [0, 0.05) is 36.5 Å². The van der Waals surface area contributed by atoms with Gasteiger partial charge < -0.3 is 9.64 Å². The van der Waals surface area contributed by atoms with Gasteiger partial charge >= 0.3 is 0 Å². The fourth-order valence-electron chi connectivity index (χ4n) is 3.49. The number of rotatable bonds is 4. The van der Waals surface area contributed by atoms with Gasteiger partial charge in [-0.2, -0.15) is 5.10 Å². The first-order valence-corrected chi connectivity index (χ1v) is 8.91. The molecule has 0 aliphatic carbocycles. The molecule has 0 spiro atoms. The van der Waals surface area contributed by atoms with Crippen LogP contribution in [0.25, 0.3) is 11.3 Å². The molecule has 7 heteroatoms. The zero-order valence-electron chi connectivity index (χ0n) is 15.5. The molecule has 0 saturated carbocycles. The number of hydrogen-bond acceptors (Lipinski definition) is 4. The quantitative estimate of drug-likeness (QED) is 0.691. The molecule has 144 valence electrons. The van der Waals surface area contributed by atoms with Crippen LogP contribution in [0.2, 0.25) is 0 Å². The molecule has 5 nitrogen and oxygen atoms in total. The monoisotopic (exact) mass is 383 g/mol. The summed E-state index contributed by atoms with van der Waals surface area (Å²) in [4.78, 5) is 14.4. The van der Waals surface area contributed by atoms with E-state index in [2.05, 4.69) is 10.00 Å². The summed E-state index contributed by atoms with van der Waals surface area (Å²) in [5, 5.41) is 4.48. The van der Waals surface area contributed by atoms with Crippen molar-refractivity contribution >= 4 is 5.69 Å². The summed E-state index contributed by atoms with van der Waals surface area (Å²) >= 11 is 0. The maximum Gasteiger partial charge on any atom is 0.267 e. The average Bonchev–Trinajstić information content (AvgIpc) is 2.63. The second-order valence-corrected chi connectivity index (χ2v) is 6.84.